The Hall–Kier alpha value is -1.16. The predicted octanol–water partition coefficient (Wildman–Crippen LogP) is 0.583. The lowest BCUT2D eigenvalue weighted by Crippen LogP contribution is -2.49. The van der Waals surface area contributed by atoms with E-state index in [1.165, 1.54) is 0 Å². The average Bonchev–Trinajstić information content (AvgIpc) is 2.19. The molecule has 4 nitrogen and oxygen atoms in total. The van der Waals surface area contributed by atoms with Gasteiger partial charge in [0, 0.05) is 25.7 Å². The summed E-state index contributed by atoms with van der Waals surface area (Å²) in [6, 6.07) is 4.59. The van der Waals surface area contributed by atoms with Crippen molar-refractivity contribution in [3.63, 3.8) is 0 Å². The molecule has 0 amide bonds. The summed E-state index contributed by atoms with van der Waals surface area (Å²) in [5.74, 6) is 0.990. The van der Waals surface area contributed by atoms with E-state index in [1.807, 2.05) is 19.1 Å². The van der Waals surface area contributed by atoms with Gasteiger partial charge >= 0.3 is 0 Å². The fraction of sp³-hybridized carbons (Fsp3) is 0.600. The van der Waals surface area contributed by atoms with Crippen molar-refractivity contribution in [1.29, 1.82) is 0 Å². The van der Waals surface area contributed by atoms with E-state index in [0.29, 0.717) is 6.04 Å². The van der Waals surface area contributed by atoms with Crippen molar-refractivity contribution in [2.24, 2.45) is 0 Å². The lowest BCUT2D eigenvalue weighted by molar-refractivity contribution is 0.481. The first-order valence-corrected chi connectivity index (χ1v) is 5.04. The van der Waals surface area contributed by atoms with Gasteiger partial charge in [0.05, 0.1) is 5.69 Å². The third-order valence-electron chi connectivity index (χ3n) is 2.48. The van der Waals surface area contributed by atoms with Crippen LogP contribution in [-0.4, -0.2) is 35.9 Å². The molecule has 1 aromatic rings. The first-order chi connectivity index (χ1) is 6.75. The monoisotopic (exact) mass is 192 g/mol. The normalized spacial score (nSPS) is 22.4. The number of hydrogen-bond acceptors (Lipinski definition) is 4. The minimum absolute atomic E-state index is 0.534. The molecule has 1 aliphatic rings. The summed E-state index contributed by atoms with van der Waals surface area (Å²) in [6.07, 6.45) is 0. The van der Waals surface area contributed by atoms with Crippen LogP contribution in [0.3, 0.4) is 0 Å². The molecule has 14 heavy (non-hydrogen) atoms. The van der Waals surface area contributed by atoms with Gasteiger partial charge in [-0.05, 0) is 26.0 Å². The lowest BCUT2D eigenvalue weighted by atomic mass is 10.2. The van der Waals surface area contributed by atoms with Crippen molar-refractivity contribution in [3.8, 4) is 0 Å². The largest absolute Gasteiger partial charge is 0.352 e. The van der Waals surface area contributed by atoms with Gasteiger partial charge < -0.3 is 10.2 Å². The Bertz CT molecular complexity index is 295. The highest BCUT2D eigenvalue weighted by Crippen LogP contribution is 2.11. The Morgan fingerprint density at radius 2 is 2.29 bits per heavy atom. The van der Waals surface area contributed by atoms with Crippen LogP contribution in [0.15, 0.2) is 12.1 Å². The Morgan fingerprint density at radius 1 is 1.43 bits per heavy atom. The summed E-state index contributed by atoms with van der Waals surface area (Å²) in [5, 5.41) is 11.7. The molecule has 0 saturated carbocycles. The second kappa shape index (κ2) is 3.92. The quantitative estimate of drug-likeness (QED) is 0.707. The summed E-state index contributed by atoms with van der Waals surface area (Å²) in [4.78, 5) is 2.27. The number of nitrogens with one attached hydrogen (secondary N) is 1. The maximum atomic E-state index is 4.18. The molecule has 2 heterocycles. The standard InChI is InChI=1S/C10H16N4/c1-8-3-4-10(13-12-8)14-6-5-11-9(2)7-14/h3-4,9,11H,5-7H2,1-2H3/t9-/m0/s1. The number of anilines is 1. The molecule has 0 aromatic carbocycles. The fourth-order valence-corrected chi connectivity index (χ4v) is 1.70. The Labute approximate surface area is 84.3 Å². The molecule has 0 aliphatic carbocycles. The van der Waals surface area contributed by atoms with Crippen molar-refractivity contribution >= 4 is 5.82 Å². The molecule has 0 spiro atoms. The van der Waals surface area contributed by atoms with Gasteiger partial charge in [-0.1, -0.05) is 0 Å². The molecule has 76 valence electrons. The maximum absolute atomic E-state index is 4.18. The van der Waals surface area contributed by atoms with Crippen LogP contribution < -0.4 is 10.2 Å². The van der Waals surface area contributed by atoms with Gasteiger partial charge in [-0.2, -0.15) is 5.10 Å². The summed E-state index contributed by atoms with van der Waals surface area (Å²) >= 11 is 0. The number of aromatic nitrogens is 2. The second-order valence-corrected chi connectivity index (χ2v) is 3.83. The third-order valence-corrected chi connectivity index (χ3v) is 2.48. The van der Waals surface area contributed by atoms with Gasteiger partial charge in [0.2, 0.25) is 0 Å². The zero-order chi connectivity index (χ0) is 9.97. The molecule has 1 fully saturated rings. The lowest BCUT2D eigenvalue weighted by Gasteiger charge is -2.32. The molecule has 1 aliphatic heterocycles. The van der Waals surface area contributed by atoms with Crippen LogP contribution in [0.1, 0.15) is 12.6 Å². The summed E-state index contributed by atoms with van der Waals surface area (Å²) in [5.41, 5.74) is 0.969. The van der Waals surface area contributed by atoms with Crippen LogP contribution in [0.25, 0.3) is 0 Å². The Morgan fingerprint density at radius 3 is 2.93 bits per heavy atom. The second-order valence-electron chi connectivity index (χ2n) is 3.83. The molecule has 1 aromatic heterocycles. The van der Waals surface area contributed by atoms with Crippen LogP contribution >= 0.6 is 0 Å². The summed E-state index contributed by atoms with van der Waals surface area (Å²) in [7, 11) is 0. The molecule has 4 heteroatoms. The minimum Gasteiger partial charge on any atom is -0.352 e. The average molecular weight is 192 g/mol. The van der Waals surface area contributed by atoms with E-state index in [9.17, 15) is 0 Å². The molecular formula is C10H16N4. The van der Waals surface area contributed by atoms with Crippen molar-refractivity contribution in [3.05, 3.63) is 17.8 Å². The highest BCUT2D eigenvalue weighted by atomic mass is 15.3. The van der Waals surface area contributed by atoms with Crippen molar-refractivity contribution in [1.82, 2.24) is 15.5 Å². The van der Waals surface area contributed by atoms with Crippen LogP contribution in [0.5, 0.6) is 0 Å². The van der Waals surface area contributed by atoms with Gasteiger partial charge in [0.1, 0.15) is 0 Å². The number of piperazine rings is 1. The summed E-state index contributed by atoms with van der Waals surface area (Å²) < 4.78 is 0. The molecule has 2 rings (SSSR count). The zero-order valence-corrected chi connectivity index (χ0v) is 8.70. The van der Waals surface area contributed by atoms with E-state index in [0.717, 1.165) is 31.1 Å². The van der Waals surface area contributed by atoms with Crippen LogP contribution in [-0.2, 0) is 0 Å². The van der Waals surface area contributed by atoms with Crippen LogP contribution in [0.2, 0.25) is 0 Å². The Balaban J connectivity index is 2.10. The number of hydrogen-bond donors (Lipinski definition) is 1. The topological polar surface area (TPSA) is 41.0 Å². The van der Waals surface area contributed by atoms with Gasteiger partial charge in [0.25, 0.3) is 0 Å². The molecular weight excluding hydrogens is 176 g/mol. The predicted molar refractivity (Wildman–Crippen MR) is 56.4 cm³/mol. The van der Waals surface area contributed by atoms with Gasteiger partial charge in [-0.25, -0.2) is 0 Å². The van der Waals surface area contributed by atoms with E-state index in [4.69, 9.17) is 0 Å². The van der Waals surface area contributed by atoms with Gasteiger partial charge in [-0.15, -0.1) is 5.10 Å². The van der Waals surface area contributed by atoms with Crippen molar-refractivity contribution in [2.45, 2.75) is 19.9 Å². The number of rotatable bonds is 1. The number of nitrogens with zero attached hydrogens (tertiary/aromatic N) is 3. The SMILES string of the molecule is Cc1ccc(N2CCN[C@@H](C)C2)nn1. The first-order valence-electron chi connectivity index (χ1n) is 5.04. The van der Waals surface area contributed by atoms with E-state index < -0.39 is 0 Å². The smallest absolute Gasteiger partial charge is 0.151 e. The van der Waals surface area contributed by atoms with E-state index >= 15 is 0 Å². The van der Waals surface area contributed by atoms with E-state index in [-0.39, 0.29) is 0 Å². The molecule has 1 saturated heterocycles. The zero-order valence-electron chi connectivity index (χ0n) is 8.70. The Kier molecular flexibility index (Phi) is 2.63. The molecule has 1 atom stereocenters. The number of aryl methyl sites for hydroxylation is 1. The molecule has 0 bridgehead atoms. The maximum Gasteiger partial charge on any atom is 0.151 e. The molecule has 1 N–H and O–H groups in total. The van der Waals surface area contributed by atoms with Crippen LogP contribution in [0.4, 0.5) is 5.82 Å². The highest BCUT2D eigenvalue weighted by Gasteiger charge is 2.16. The highest BCUT2D eigenvalue weighted by molar-refractivity contribution is 5.38. The molecule has 0 unspecified atom stereocenters. The third kappa shape index (κ3) is 2.01. The van der Waals surface area contributed by atoms with Gasteiger partial charge in [0.15, 0.2) is 5.82 Å². The van der Waals surface area contributed by atoms with Crippen molar-refractivity contribution in [2.75, 3.05) is 24.5 Å². The fourth-order valence-electron chi connectivity index (χ4n) is 1.70. The van der Waals surface area contributed by atoms with Gasteiger partial charge in [-0.3, -0.25) is 0 Å². The van der Waals surface area contributed by atoms with E-state index in [1.54, 1.807) is 0 Å². The first kappa shape index (κ1) is 9.40. The van der Waals surface area contributed by atoms with E-state index in [2.05, 4.69) is 27.3 Å². The van der Waals surface area contributed by atoms with Crippen LogP contribution in [0, 0.1) is 6.92 Å². The summed E-state index contributed by atoms with van der Waals surface area (Å²) in [6.45, 7) is 7.20. The molecule has 0 radical (unpaired) electrons. The van der Waals surface area contributed by atoms with Crippen molar-refractivity contribution < 1.29 is 0 Å². The minimum atomic E-state index is 0.534.